The SMILES string of the molecule is CS(=O)(=O)CCNC(=S)NC1CCCC1. The van der Waals surface area contributed by atoms with E-state index in [1.165, 1.54) is 19.1 Å². The van der Waals surface area contributed by atoms with Gasteiger partial charge in [0.05, 0.1) is 5.75 Å². The number of hydrogen-bond acceptors (Lipinski definition) is 3. The predicted octanol–water partition coefficient (Wildman–Crippen LogP) is 0.438. The van der Waals surface area contributed by atoms with Crippen molar-refractivity contribution in [2.75, 3.05) is 18.6 Å². The van der Waals surface area contributed by atoms with Crippen LogP contribution in [0.2, 0.25) is 0 Å². The maximum Gasteiger partial charge on any atom is 0.166 e. The van der Waals surface area contributed by atoms with Crippen LogP contribution >= 0.6 is 12.2 Å². The van der Waals surface area contributed by atoms with Gasteiger partial charge in [-0.25, -0.2) is 8.42 Å². The lowest BCUT2D eigenvalue weighted by atomic mass is 10.3. The van der Waals surface area contributed by atoms with Crippen LogP contribution in [0.5, 0.6) is 0 Å². The molecule has 0 atom stereocenters. The van der Waals surface area contributed by atoms with Gasteiger partial charge in [-0.1, -0.05) is 12.8 Å². The fourth-order valence-corrected chi connectivity index (χ4v) is 2.40. The lowest BCUT2D eigenvalue weighted by Crippen LogP contribution is -2.42. The van der Waals surface area contributed by atoms with Gasteiger partial charge in [0, 0.05) is 18.8 Å². The molecule has 1 saturated carbocycles. The Hall–Kier alpha value is -0.360. The van der Waals surface area contributed by atoms with Crippen LogP contribution < -0.4 is 10.6 Å². The second kappa shape index (κ2) is 5.65. The molecule has 0 aromatic rings. The molecule has 0 heterocycles. The Labute approximate surface area is 96.7 Å². The van der Waals surface area contributed by atoms with Crippen LogP contribution in [0.4, 0.5) is 0 Å². The Kier molecular flexibility index (Phi) is 4.79. The number of thiocarbonyl (C=S) groups is 1. The number of nitrogens with one attached hydrogen (secondary N) is 2. The van der Waals surface area contributed by atoms with Gasteiger partial charge in [0.15, 0.2) is 5.11 Å². The fraction of sp³-hybridized carbons (Fsp3) is 0.889. The van der Waals surface area contributed by atoms with E-state index in [9.17, 15) is 8.42 Å². The summed E-state index contributed by atoms with van der Waals surface area (Å²) < 4.78 is 21.7. The van der Waals surface area contributed by atoms with Crippen LogP contribution in [0, 0.1) is 0 Å². The van der Waals surface area contributed by atoms with Crippen molar-refractivity contribution >= 4 is 27.2 Å². The van der Waals surface area contributed by atoms with Gasteiger partial charge >= 0.3 is 0 Å². The summed E-state index contributed by atoms with van der Waals surface area (Å²) in [4.78, 5) is 0. The van der Waals surface area contributed by atoms with Gasteiger partial charge in [0.1, 0.15) is 9.84 Å². The lowest BCUT2D eigenvalue weighted by Gasteiger charge is -2.15. The number of rotatable bonds is 4. The highest BCUT2D eigenvalue weighted by Gasteiger charge is 2.15. The molecular formula is C9H18N2O2S2. The minimum Gasteiger partial charge on any atom is -0.362 e. The highest BCUT2D eigenvalue weighted by molar-refractivity contribution is 7.90. The molecule has 1 rings (SSSR count). The van der Waals surface area contributed by atoms with Gasteiger partial charge in [-0.3, -0.25) is 0 Å². The minimum absolute atomic E-state index is 0.124. The van der Waals surface area contributed by atoms with Crippen molar-refractivity contribution in [3.05, 3.63) is 0 Å². The highest BCUT2D eigenvalue weighted by Crippen LogP contribution is 2.17. The summed E-state index contributed by atoms with van der Waals surface area (Å²) in [6.07, 6.45) is 6.05. The van der Waals surface area contributed by atoms with Crippen LogP contribution in [0.1, 0.15) is 25.7 Å². The second-order valence-corrected chi connectivity index (χ2v) is 6.68. The Morgan fingerprint density at radius 3 is 2.53 bits per heavy atom. The molecule has 0 saturated heterocycles. The van der Waals surface area contributed by atoms with Crippen molar-refractivity contribution < 1.29 is 8.42 Å². The van der Waals surface area contributed by atoms with Gasteiger partial charge < -0.3 is 10.6 Å². The summed E-state index contributed by atoms with van der Waals surface area (Å²) in [5, 5.41) is 6.67. The smallest absolute Gasteiger partial charge is 0.166 e. The Balaban J connectivity index is 2.13. The van der Waals surface area contributed by atoms with Crippen LogP contribution in [0.15, 0.2) is 0 Å². The molecule has 6 heteroatoms. The molecule has 0 aromatic heterocycles. The average Bonchev–Trinajstić information content (AvgIpc) is 2.54. The van der Waals surface area contributed by atoms with Gasteiger partial charge in [0.25, 0.3) is 0 Å². The van der Waals surface area contributed by atoms with Gasteiger partial charge in [0.2, 0.25) is 0 Å². The van der Waals surface area contributed by atoms with Crippen molar-refractivity contribution in [3.63, 3.8) is 0 Å². The lowest BCUT2D eigenvalue weighted by molar-refractivity contribution is 0.599. The van der Waals surface area contributed by atoms with E-state index in [4.69, 9.17) is 12.2 Å². The van der Waals surface area contributed by atoms with Crippen molar-refractivity contribution in [3.8, 4) is 0 Å². The third-order valence-corrected chi connectivity index (χ3v) is 3.66. The maximum atomic E-state index is 10.9. The largest absolute Gasteiger partial charge is 0.362 e. The third kappa shape index (κ3) is 5.94. The molecule has 2 N–H and O–H groups in total. The first kappa shape index (κ1) is 12.7. The molecule has 88 valence electrons. The third-order valence-electron chi connectivity index (χ3n) is 2.45. The average molecular weight is 250 g/mol. The highest BCUT2D eigenvalue weighted by atomic mass is 32.2. The fourth-order valence-electron chi connectivity index (χ4n) is 1.66. The van der Waals surface area contributed by atoms with Crippen molar-refractivity contribution in [1.82, 2.24) is 10.6 Å². The molecule has 0 unspecified atom stereocenters. The van der Waals surface area contributed by atoms with E-state index in [0.29, 0.717) is 17.7 Å². The predicted molar refractivity (Wildman–Crippen MR) is 65.7 cm³/mol. The first-order valence-electron chi connectivity index (χ1n) is 5.19. The topological polar surface area (TPSA) is 58.2 Å². The normalized spacial score (nSPS) is 17.7. The van der Waals surface area contributed by atoms with E-state index >= 15 is 0 Å². The molecule has 0 radical (unpaired) electrons. The van der Waals surface area contributed by atoms with Gasteiger partial charge in [-0.15, -0.1) is 0 Å². The summed E-state index contributed by atoms with van der Waals surface area (Å²) in [6.45, 7) is 0.386. The number of hydrogen-bond donors (Lipinski definition) is 2. The zero-order valence-electron chi connectivity index (χ0n) is 8.95. The maximum absolute atomic E-state index is 10.9. The molecule has 15 heavy (non-hydrogen) atoms. The molecule has 0 amide bonds. The van der Waals surface area contributed by atoms with Crippen molar-refractivity contribution in [1.29, 1.82) is 0 Å². The molecule has 1 fully saturated rings. The molecule has 0 bridgehead atoms. The summed E-state index contributed by atoms with van der Waals surface area (Å²) in [7, 11) is -2.90. The molecule has 4 nitrogen and oxygen atoms in total. The molecule has 0 spiro atoms. The van der Waals surface area contributed by atoms with Crippen LogP contribution in [-0.2, 0) is 9.84 Å². The van der Waals surface area contributed by atoms with Gasteiger partial charge in [-0.05, 0) is 25.1 Å². The van der Waals surface area contributed by atoms with E-state index in [-0.39, 0.29) is 5.75 Å². The summed E-state index contributed by atoms with van der Waals surface area (Å²) in [5.74, 6) is 0.124. The van der Waals surface area contributed by atoms with E-state index in [1.807, 2.05) is 0 Å². The molecular weight excluding hydrogens is 232 g/mol. The van der Waals surface area contributed by atoms with Crippen LogP contribution in [-0.4, -0.2) is 38.1 Å². The van der Waals surface area contributed by atoms with E-state index in [0.717, 1.165) is 12.8 Å². The Bertz CT molecular complexity index is 308. The van der Waals surface area contributed by atoms with Crippen molar-refractivity contribution in [2.24, 2.45) is 0 Å². The summed E-state index contributed by atoms with van der Waals surface area (Å²) in [5.41, 5.74) is 0. The van der Waals surface area contributed by atoms with E-state index < -0.39 is 9.84 Å². The molecule has 1 aliphatic carbocycles. The second-order valence-electron chi connectivity index (χ2n) is 4.01. The zero-order chi connectivity index (χ0) is 11.3. The summed E-state index contributed by atoms with van der Waals surface area (Å²) in [6, 6.07) is 0.475. The first-order valence-corrected chi connectivity index (χ1v) is 7.66. The monoisotopic (exact) mass is 250 g/mol. The van der Waals surface area contributed by atoms with Crippen molar-refractivity contribution in [2.45, 2.75) is 31.7 Å². The molecule has 1 aliphatic rings. The zero-order valence-corrected chi connectivity index (χ0v) is 10.6. The van der Waals surface area contributed by atoms with E-state index in [2.05, 4.69) is 10.6 Å². The van der Waals surface area contributed by atoms with E-state index in [1.54, 1.807) is 0 Å². The number of sulfone groups is 1. The van der Waals surface area contributed by atoms with Crippen LogP contribution in [0.25, 0.3) is 0 Å². The summed E-state index contributed by atoms with van der Waals surface area (Å²) >= 11 is 5.06. The van der Waals surface area contributed by atoms with Gasteiger partial charge in [-0.2, -0.15) is 0 Å². The standard InChI is InChI=1S/C9H18N2O2S2/c1-15(12,13)7-6-10-9(14)11-8-4-2-3-5-8/h8H,2-7H2,1H3,(H2,10,11,14). The molecule has 0 aromatic carbocycles. The molecule has 0 aliphatic heterocycles. The Morgan fingerprint density at radius 2 is 2.00 bits per heavy atom. The Morgan fingerprint density at radius 1 is 1.40 bits per heavy atom. The first-order chi connectivity index (χ1) is 6.97. The van der Waals surface area contributed by atoms with Crippen LogP contribution in [0.3, 0.4) is 0 Å². The minimum atomic E-state index is -2.90. The quantitative estimate of drug-likeness (QED) is 0.709.